The zero-order valence-electron chi connectivity index (χ0n) is 6.36. The topological polar surface area (TPSA) is 43.1 Å². The van der Waals surface area contributed by atoms with Gasteiger partial charge in [0.1, 0.15) is 0 Å². The lowest BCUT2D eigenvalue weighted by Gasteiger charge is -1.95. The zero-order valence-corrected chi connectivity index (χ0v) is 7.93. The number of halogens is 1. The van der Waals surface area contributed by atoms with Crippen LogP contribution in [0.5, 0.6) is 0 Å². The molecule has 0 aliphatic carbocycles. The van der Waals surface area contributed by atoms with E-state index in [2.05, 4.69) is 4.37 Å². The first-order valence-electron chi connectivity index (χ1n) is 3.49. The van der Waals surface area contributed by atoms with Gasteiger partial charge in [-0.15, -0.1) is 4.37 Å². The average molecular weight is 214 g/mol. The molecule has 0 amide bonds. The number of aromatic nitrogens is 1. The first-order valence-corrected chi connectivity index (χ1v) is 4.64. The summed E-state index contributed by atoms with van der Waals surface area (Å²) in [5.74, 6) is 0.278. The first kappa shape index (κ1) is 8.47. The van der Waals surface area contributed by atoms with Crippen molar-refractivity contribution in [2.75, 3.05) is 0 Å². The van der Waals surface area contributed by atoms with Gasteiger partial charge < -0.3 is 4.42 Å². The third-order valence-corrected chi connectivity index (χ3v) is 2.31. The summed E-state index contributed by atoms with van der Waals surface area (Å²) in [5.41, 5.74) is 0.641. The standard InChI is InChI=1S/C8H4ClNO2S/c9-6-4-2-1-3-5(6)7-10-13-8(11)12-7/h1-4H. The second-order valence-electron chi connectivity index (χ2n) is 2.32. The highest BCUT2D eigenvalue weighted by molar-refractivity contribution is 7.02. The summed E-state index contributed by atoms with van der Waals surface area (Å²) >= 11 is 6.65. The Morgan fingerprint density at radius 3 is 2.77 bits per heavy atom. The van der Waals surface area contributed by atoms with E-state index in [-0.39, 0.29) is 5.89 Å². The molecule has 13 heavy (non-hydrogen) atoms. The summed E-state index contributed by atoms with van der Waals surface area (Å²) in [4.78, 5) is 10.3. The molecule has 0 aliphatic heterocycles. The highest BCUT2D eigenvalue weighted by Gasteiger charge is 2.08. The van der Waals surface area contributed by atoms with Gasteiger partial charge in [0, 0.05) is 0 Å². The molecule has 2 aromatic rings. The fourth-order valence-corrected chi connectivity index (χ4v) is 1.56. The predicted molar refractivity (Wildman–Crippen MR) is 51.1 cm³/mol. The van der Waals surface area contributed by atoms with Crippen LogP contribution in [0, 0.1) is 0 Å². The van der Waals surface area contributed by atoms with Gasteiger partial charge in [-0.3, -0.25) is 0 Å². The van der Waals surface area contributed by atoms with Gasteiger partial charge in [-0.25, -0.2) is 4.79 Å². The van der Waals surface area contributed by atoms with Gasteiger partial charge in [0.2, 0.25) is 5.89 Å². The Bertz CT molecular complexity index is 477. The van der Waals surface area contributed by atoms with E-state index in [1.165, 1.54) is 0 Å². The molecule has 0 saturated heterocycles. The Labute approximate surface area is 82.8 Å². The van der Waals surface area contributed by atoms with Crippen molar-refractivity contribution < 1.29 is 4.42 Å². The van der Waals surface area contributed by atoms with Gasteiger partial charge in [-0.1, -0.05) is 23.7 Å². The second kappa shape index (κ2) is 3.32. The molecule has 0 unspecified atom stereocenters. The summed E-state index contributed by atoms with van der Waals surface area (Å²) in [6.07, 6.45) is 0. The van der Waals surface area contributed by atoms with E-state index < -0.39 is 4.94 Å². The quantitative estimate of drug-likeness (QED) is 0.731. The minimum Gasteiger partial charge on any atom is -0.394 e. The molecule has 1 aromatic carbocycles. The molecule has 66 valence electrons. The van der Waals surface area contributed by atoms with Crippen LogP contribution >= 0.6 is 23.1 Å². The van der Waals surface area contributed by atoms with Crippen LogP contribution in [-0.2, 0) is 0 Å². The van der Waals surface area contributed by atoms with E-state index in [1.807, 2.05) is 0 Å². The van der Waals surface area contributed by atoms with Crippen molar-refractivity contribution in [1.82, 2.24) is 4.37 Å². The Balaban J connectivity index is 2.58. The van der Waals surface area contributed by atoms with Crippen molar-refractivity contribution >= 4 is 23.1 Å². The molecule has 0 radical (unpaired) electrons. The average Bonchev–Trinajstić information content (AvgIpc) is 2.53. The first-order chi connectivity index (χ1) is 6.27. The minimum absolute atomic E-state index is 0.278. The van der Waals surface area contributed by atoms with Crippen molar-refractivity contribution in [3.63, 3.8) is 0 Å². The van der Waals surface area contributed by atoms with Crippen molar-refractivity contribution in [3.8, 4) is 11.5 Å². The Morgan fingerprint density at radius 2 is 2.15 bits per heavy atom. The van der Waals surface area contributed by atoms with Crippen LogP contribution in [0.2, 0.25) is 5.02 Å². The minimum atomic E-state index is -0.421. The van der Waals surface area contributed by atoms with Gasteiger partial charge >= 0.3 is 4.94 Å². The highest BCUT2D eigenvalue weighted by atomic mass is 35.5. The van der Waals surface area contributed by atoms with Crippen molar-refractivity contribution in [1.29, 1.82) is 0 Å². The van der Waals surface area contributed by atoms with Crippen LogP contribution in [0.1, 0.15) is 0 Å². The molecular formula is C8H4ClNO2S. The fourth-order valence-electron chi connectivity index (χ4n) is 0.934. The molecule has 0 aliphatic rings. The molecule has 5 heteroatoms. The lowest BCUT2D eigenvalue weighted by atomic mass is 10.2. The molecule has 0 N–H and O–H groups in total. The maximum absolute atomic E-state index is 10.7. The zero-order chi connectivity index (χ0) is 9.26. The van der Waals surface area contributed by atoms with Crippen molar-refractivity contribution in [2.45, 2.75) is 0 Å². The molecule has 1 aromatic heterocycles. The van der Waals surface area contributed by atoms with E-state index in [1.54, 1.807) is 24.3 Å². The molecule has 2 rings (SSSR count). The largest absolute Gasteiger partial charge is 0.414 e. The Morgan fingerprint density at radius 1 is 1.38 bits per heavy atom. The lowest BCUT2D eigenvalue weighted by Crippen LogP contribution is -1.82. The predicted octanol–water partition coefficient (Wildman–Crippen LogP) is 2.42. The van der Waals surface area contributed by atoms with E-state index in [0.29, 0.717) is 10.6 Å². The van der Waals surface area contributed by atoms with Gasteiger partial charge in [-0.2, -0.15) is 0 Å². The highest BCUT2D eigenvalue weighted by Crippen LogP contribution is 2.25. The maximum Gasteiger partial charge on any atom is 0.414 e. The SMILES string of the molecule is O=c1oc(-c2ccccc2Cl)ns1. The van der Waals surface area contributed by atoms with Crippen LogP contribution in [0.25, 0.3) is 11.5 Å². The summed E-state index contributed by atoms with van der Waals surface area (Å²) in [6.45, 7) is 0. The molecule has 0 atom stereocenters. The molecule has 0 spiro atoms. The van der Waals surface area contributed by atoms with E-state index in [0.717, 1.165) is 11.5 Å². The van der Waals surface area contributed by atoms with E-state index in [9.17, 15) is 4.79 Å². The van der Waals surface area contributed by atoms with Crippen LogP contribution in [0.15, 0.2) is 33.5 Å². The number of nitrogens with zero attached hydrogens (tertiary/aromatic N) is 1. The van der Waals surface area contributed by atoms with Gasteiger partial charge in [-0.05, 0) is 12.1 Å². The normalized spacial score (nSPS) is 10.2. The van der Waals surface area contributed by atoms with Crippen molar-refractivity contribution in [3.05, 3.63) is 39.0 Å². The smallest absolute Gasteiger partial charge is 0.394 e. The number of hydrogen-bond acceptors (Lipinski definition) is 4. The van der Waals surface area contributed by atoms with Gasteiger partial charge in [0.15, 0.2) is 0 Å². The number of hydrogen-bond donors (Lipinski definition) is 0. The molecular weight excluding hydrogens is 210 g/mol. The molecule has 0 fully saturated rings. The monoisotopic (exact) mass is 213 g/mol. The molecule has 1 heterocycles. The maximum atomic E-state index is 10.7. The number of benzene rings is 1. The second-order valence-corrected chi connectivity index (χ2v) is 3.43. The third kappa shape index (κ3) is 1.64. The third-order valence-electron chi connectivity index (χ3n) is 1.49. The van der Waals surface area contributed by atoms with Gasteiger partial charge in [0.05, 0.1) is 22.1 Å². The van der Waals surface area contributed by atoms with Crippen molar-refractivity contribution in [2.24, 2.45) is 0 Å². The van der Waals surface area contributed by atoms with Crippen LogP contribution in [0.4, 0.5) is 0 Å². The Kier molecular flexibility index (Phi) is 2.16. The Hall–Kier alpha value is -1.13. The van der Waals surface area contributed by atoms with Crippen LogP contribution < -0.4 is 4.94 Å². The summed E-state index contributed by atoms with van der Waals surface area (Å²) in [6, 6.07) is 7.08. The summed E-state index contributed by atoms with van der Waals surface area (Å²) in [5, 5.41) is 0.525. The molecule has 0 bridgehead atoms. The van der Waals surface area contributed by atoms with Crippen LogP contribution in [0.3, 0.4) is 0 Å². The fraction of sp³-hybridized carbons (Fsp3) is 0. The van der Waals surface area contributed by atoms with Crippen LogP contribution in [-0.4, -0.2) is 4.37 Å². The molecule has 0 saturated carbocycles. The van der Waals surface area contributed by atoms with Gasteiger partial charge in [0.25, 0.3) is 0 Å². The molecule has 3 nitrogen and oxygen atoms in total. The van der Waals surface area contributed by atoms with E-state index >= 15 is 0 Å². The van der Waals surface area contributed by atoms with E-state index in [4.69, 9.17) is 16.0 Å². The number of rotatable bonds is 1. The summed E-state index contributed by atoms with van der Waals surface area (Å²) < 4.78 is 8.64. The lowest BCUT2D eigenvalue weighted by molar-refractivity contribution is 0.543. The summed E-state index contributed by atoms with van der Waals surface area (Å²) in [7, 11) is 0.